The molecule has 0 aliphatic heterocycles. The fourth-order valence-corrected chi connectivity index (χ4v) is 2.82. The van der Waals surface area contributed by atoms with Crippen molar-refractivity contribution in [2.45, 2.75) is 26.2 Å². The number of halogens is 1. The van der Waals surface area contributed by atoms with Gasteiger partial charge in [0.1, 0.15) is 5.82 Å². The lowest BCUT2D eigenvalue weighted by Gasteiger charge is -2.05. The highest BCUT2D eigenvalue weighted by Gasteiger charge is 2.12. The maximum atomic E-state index is 5.85. The Balaban J connectivity index is 2.16. The summed E-state index contributed by atoms with van der Waals surface area (Å²) in [5.41, 5.74) is 9.24. The van der Waals surface area contributed by atoms with Crippen molar-refractivity contribution in [3.8, 4) is 0 Å². The van der Waals surface area contributed by atoms with E-state index in [0.717, 1.165) is 35.0 Å². The third-order valence-corrected chi connectivity index (χ3v) is 3.98. The summed E-state index contributed by atoms with van der Waals surface area (Å²) >= 11 is 3.62. The van der Waals surface area contributed by atoms with E-state index in [2.05, 4.69) is 32.9 Å². The van der Waals surface area contributed by atoms with E-state index in [-0.39, 0.29) is 0 Å². The van der Waals surface area contributed by atoms with Crippen LogP contribution in [0, 0.1) is 0 Å². The molecule has 0 unspecified atom stereocenters. The Hall–Kier alpha value is -1.36. The summed E-state index contributed by atoms with van der Waals surface area (Å²) in [7, 11) is 1.98. The molecule has 0 aliphatic rings. The largest absolute Gasteiger partial charge is 0.383 e. The highest BCUT2D eigenvalue weighted by Crippen LogP contribution is 2.23. The van der Waals surface area contributed by atoms with Crippen LogP contribution in [0.4, 0.5) is 5.82 Å². The highest BCUT2D eigenvalue weighted by molar-refractivity contribution is 9.10. The molecule has 0 aromatic carbocycles. The molecule has 0 fully saturated rings. The third-order valence-electron chi connectivity index (χ3n) is 3.06. The van der Waals surface area contributed by atoms with Crippen molar-refractivity contribution in [2.75, 3.05) is 5.73 Å². The van der Waals surface area contributed by atoms with E-state index in [0.29, 0.717) is 5.82 Å². The lowest BCUT2D eigenvalue weighted by Crippen LogP contribution is -2.03. The van der Waals surface area contributed by atoms with Crippen LogP contribution in [-0.2, 0) is 26.3 Å². The van der Waals surface area contributed by atoms with E-state index in [1.807, 2.05) is 23.9 Å². The number of rotatable bonds is 4. The Bertz CT molecular complexity index is 548. The SMILES string of the molecule is CCc1nn(C)c(CCc2cccnc2N)c1Br. The van der Waals surface area contributed by atoms with E-state index in [4.69, 9.17) is 5.73 Å². The van der Waals surface area contributed by atoms with Crippen LogP contribution in [0.3, 0.4) is 0 Å². The number of pyridine rings is 1. The first-order valence-electron chi connectivity index (χ1n) is 6.03. The van der Waals surface area contributed by atoms with Gasteiger partial charge in [-0.1, -0.05) is 13.0 Å². The second-order valence-corrected chi connectivity index (χ2v) is 5.03. The van der Waals surface area contributed by atoms with Crippen LogP contribution >= 0.6 is 15.9 Å². The Morgan fingerprint density at radius 1 is 1.39 bits per heavy atom. The van der Waals surface area contributed by atoms with E-state index >= 15 is 0 Å². The van der Waals surface area contributed by atoms with Crippen LogP contribution in [0.25, 0.3) is 0 Å². The molecule has 0 atom stereocenters. The summed E-state index contributed by atoms with van der Waals surface area (Å²) in [6.07, 6.45) is 4.43. The Morgan fingerprint density at radius 3 is 2.78 bits per heavy atom. The molecule has 96 valence electrons. The first kappa shape index (κ1) is 13.1. The maximum Gasteiger partial charge on any atom is 0.126 e. The molecule has 2 heterocycles. The van der Waals surface area contributed by atoms with E-state index in [1.165, 1.54) is 5.69 Å². The minimum Gasteiger partial charge on any atom is -0.383 e. The van der Waals surface area contributed by atoms with Crippen molar-refractivity contribution >= 4 is 21.7 Å². The number of anilines is 1. The smallest absolute Gasteiger partial charge is 0.126 e. The zero-order chi connectivity index (χ0) is 13.1. The van der Waals surface area contributed by atoms with E-state index in [1.54, 1.807) is 6.20 Å². The predicted molar refractivity (Wildman–Crippen MR) is 76.3 cm³/mol. The lowest BCUT2D eigenvalue weighted by atomic mass is 10.1. The van der Waals surface area contributed by atoms with Crippen molar-refractivity contribution in [2.24, 2.45) is 7.05 Å². The summed E-state index contributed by atoms with van der Waals surface area (Å²) < 4.78 is 3.06. The molecule has 2 aromatic heterocycles. The number of nitrogen functional groups attached to an aromatic ring is 1. The van der Waals surface area contributed by atoms with Gasteiger partial charge in [-0.25, -0.2) is 4.98 Å². The molecule has 0 bridgehead atoms. The molecule has 5 heteroatoms. The summed E-state index contributed by atoms with van der Waals surface area (Å²) in [4.78, 5) is 4.10. The van der Waals surface area contributed by atoms with E-state index < -0.39 is 0 Å². The molecule has 2 aromatic rings. The van der Waals surface area contributed by atoms with Gasteiger partial charge in [-0.3, -0.25) is 4.68 Å². The number of hydrogen-bond donors (Lipinski definition) is 1. The average molecular weight is 309 g/mol. The summed E-state index contributed by atoms with van der Waals surface area (Å²) in [6.45, 7) is 2.11. The van der Waals surface area contributed by atoms with Crippen LogP contribution in [0.5, 0.6) is 0 Å². The molecule has 0 radical (unpaired) electrons. The van der Waals surface area contributed by atoms with Gasteiger partial charge >= 0.3 is 0 Å². The van der Waals surface area contributed by atoms with Gasteiger partial charge in [0.25, 0.3) is 0 Å². The Kier molecular flexibility index (Phi) is 4.01. The zero-order valence-electron chi connectivity index (χ0n) is 10.7. The van der Waals surface area contributed by atoms with Crippen LogP contribution in [-0.4, -0.2) is 14.8 Å². The second kappa shape index (κ2) is 5.52. The van der Waals surface area contributed by atoms with Gasteiger partial charge in [0.2, 0.25) is 0 Å². The van der Waals surface area contributed by atoms with Crippen molar-refractivity contribution < 1.29 is 0 Å². The maximum absolute atomic E-state index is 5.85. The van der Waals surface area contributed by atoms with Crippen molar-refractivity contribution in [1.82, 2.24) is 14.8 Å². The van der Waals surface area contributed by atoms with Gasteiger partial charge in [0, 0.05) is 13.2 Å². The molecule has 0 spiro atoms. The summed E-state index contributed by atoms with van der Waals surface area (Å²) in [5.74, 6) is 0.617. The number of nitrogens with two attached hydrogens (primary N) is 1. The topological polar surface area (TPSA) is 56.7 Å². The first-order chi connectivity index (χ1) is 8.63. The van der Waals surface area contributed by atoms with E-state index in [9.17, 15) is 0 Å². The Labute approximate surface area is 115 Å². The molecule has 4 nitrogen and oxygen atoms in total. The van der Waals surface area contributed by atoms with Gasteiger partial charge in [0.05, 0.1) is 15.9 Å². The number of aromatic nitrogens is 3. The van der Waals surface area contributed by atoms with Crippen LogP contribution in [0.15, 0.2) is 22.8 Å². The van der Waals surface area contributed by atoms with Gasteiger partial charge < -0.3 is 5.73 Å². The van der Waals surface area contributed by atoms with Crippen LogP contribution in [0.1, 0.15) is 23.9 Å². The van der Waals surface area contributed by atoms with Gasteiger partial charge in [-0.05, 0) is 46.8 Å². The molecule has 18 heavy (non-hydrogen) atoms. The van der Waals surface area contributed by atoms with Gasteiger partial charge in [-0.2, -0.15) is 5.10 Å². The molecule has 0 saturated carbocycles. The number of nitrogens with zero attached hydrogens (tertiary/aromatic N) is 3. The minimum absolute atomic E-state index is 0.617. The molecule has 2 rings (SSSR count). The molecular weight excluding hydrogens is 292 g/mol. The van der Waals surface area contributed by atoms with Gasteiger partial charge in [0.15, 0.2) is 0 Å². The molecule has 0 saturated heterocycles. The summed E-state index contributed by atoms with van der Waals surface area (Å²) in [6, 6.07) is 3.94. The standard InChI is InChI=1S/C13H17BrN4/c1-3-10-12(14)11(18(2)17-10)7-6-9-5-4-8-16-13(9)15/h4-5,8H,3,6-7H2,1-2H3,(H2,15,16). The van der Waals surface area contributed by atoms with Crippen molar-refractivity contribution in [3.63, 3.8) is 0 Å². The second-order valence-electron chi connectivity index (χ2n) is 4.23. The Morgan fingerprint density at radius 2 is 2.17 bits per heavy atom. The monoisotopic (exact) mass is 308 g/mol. The normalized spacial score (nSPS) is 10.8. The third kappa shape index (κ3) is 2.56. The quantitative estimate of drug-likeness (QED) is 0.944. The average Bonchev–Trinajstić information content (AvgIpc) is 2.64. The van der Waals surface area contributed by atoms with Crippen molar-refractivity contribution in [3.05, 3.63) is 39.8 Å². The molecule has 0 amide bonds. The van der Waals surface area contributed by atoms with Gasteiger partial charge in [-0.15, -0.1) is 0 Å². The fraction of sp³-hybridized carbons (Fsp3) is 0.385. The summed E-state index contributed by atoms with van der Waals surface area (Å²) in [5, 5.41) is 4.49. The fourth-order valence-electron chi connectivity index (χ4n) is 2.01. The molecule has 0 aliphatic carbocycles. The van der Waals surface area contributed by atoms with Crippen LogP contribution < -0.4 is 5.73 Å². The zero-order valence-corrected chi connectivity index (χ0v) is 12.2. The number of hydrogen-bond acceptors (Lipinski definition) is 3. The van der Waals surface area contributed by atoms with Crippen molar-refractivity contribution in [1.29, 1.82) is 0 Å². The minimum atomic E-state index is 0.617. The first-order valence-corrected chi connectivity index (χ1v) is 6.82. The number of aryl methyl sites for hydroxylation is 3. The molecule has 2 N–H and O–H groups in total. The predicted octanol–water partition coefficient (Wildman–Crippen LogP) is 2.51. The van der Waals surface area contributed by atoms with Crippen LogP contribution in [0.2, 0.25) is 0 Å². The lowest BCUT2D eigenvalue weighted by molar-refractivity contribution is 0.691. The molecular formula is C13H17BrN4. The highest BCUT2D eigenvalue weighted by atomic mass is 79.9.